The molecule has 1 heterocycles. The standard InChI is InChI=1S/C16H17NO5S/c1-9(2)22-12(18)8-23-15-13(16(19)20)14(21-3)10-6-4-5-7-11(10)17-15/h4-7,9H,8H2,1-3H3,(H,19,20). The van der Waals surface area contributed by atoms with Gasteiger partial charge in [0.1, 0.15) is 16.3 Å². The molecule has 122 valence electrons. The van der Waals surface area contributed by atoms with Gasteiger partial charge in [0.05, 0.1) is 24.5 Å². The van der Waals surface area contributed by atoms with Crippen LogP contribution in [0.25, 0.3) is 10.9 Å². The number of nitrogens with zero attached hydrogens (tertiary/aromatic N) is 1. The first-order chi connectivity index (χ1) is 10.9. The minimum absolute atomic E-state index is 0.0209. The number of aromatic nitrogens is 1. The maximum atomic E-state index is 11.7. The van der Waals surface area contributed by atoms with Crippen molar-refractivity contribution in [3.05, 3.63) is 29.8 Å². The number of ether oxygens (including phenoxy) is 2. The summed E-state index contributed by atoms with van der Waals surface area (Å²) in [5.74, 6) is -1.36. The number of para-hydroxylation sites is 1. The van der Waals surface area contributed by atoms with Crippen molar-refractivity contribution in [2.75, 3.05) is 12.9 Å². The summed E-state index contributed by atoms with van der Waals surface area (Å²) in [5.41, 5.74) is 0.558. The summed E-state index contributed by atoms with van der Waals surface area (Å²) < 4.78 is 10.3. The number of thioether (sulfide) groups is 1. The highest BCUT2D eigenvalue weighted by atomic mass is 32.2. The topological polar surface area (TPSA) is 85.7 Å². The molecule has 2 aromatic rings. The van der Waals surface area contributed by atoms with Gasteiger partial charge < -0.3 is 14.6 Å². The van der Waals surface area contributed by atoms with Gasteiger partial charge in [0.2, 0.25) is 0 Å². The van der Waals surface area contributed by atoms with Crippen molar-refractivity contribution < 1.29 is 24.2 Å². The van der Waals surface area contributed by atoms with Gasteiger partial charge in [-0.25, -0.2) is 9.78 Å². The number of aromatic carboxylic acids is 1. The lowest BCUT2D eigenvalue weighted by Gasteiger charge is -2.13. The number of methoxy groups -OCH3 is 1. The van der Waals surface area contributed by atoms with Crippen LogP contribution in [-0.4, -0.2) is 41.0 Å². The zero-order valence-electron chi connectivity index (χ0n) is 13.0. The van der Waals surface area contributed by atoms with E-state index in [1.807, 2.05) is 0 Å². The average Bonchev–Trinajstić information content (AvgIpc) is 2.50. The van der Waals surface area contributed by atoms with Crippen molar-refractivity contribution in [3.63, 3.8) is 0 Å². The molecule has 0 fully saturated rings. The summed E-state index contributed by atoms with van der Waals surface area (Å²) in [6.07, 6.45) is -0.221. The van der Waals surface area contributed by atoms with E-state index in [0.29, 0.717) is 10.9 Å². The Balaban J connectivity index is 2.43. The largest absolute Gasteiger partial charge is 0.495 e. The second kappa shape index (κ2) is 7.32. The summed E-state index contributed by atoms with van der Waals surface area (Å²) in [5, 5.41) is 10.3. The number of hydrogen-bond donors (Lipinski definition) is 1. The molecule has 7 heteroatoms. The van der Waals surface area contributed by atoms with Gasteiger partial charge in [-0.1, -0.05) is 23.9 Å². The maximum Gasteiger partial charge on any atom is 0.342 e. The van der Waals surface area contributed by atoms with Gasteiger partial charge in [0.15, 0.2) is 0 Å². The third kappa shape index (κ3) is 3.92. The number of hydrogen-bond acceptors (Lipinski definition) is 6. The van der Waals surface area contributed by atoms with E-state index in [-0.39, 0.29) is 28.2 Å². The Hall–Kier alpha value is -2.28. The lowest BCUT2D eigenvalue weighted by atomic mass is 10.1. The van der Waals surface area contributed by atoms with Gasteiger partial charge in [-0.2, -0.15) is 0 Å². The number of benzene rings is 1. The fraction of sp³-hybridized carbons (Fsp3) is 0.312. The van der Waals surface area contributed by atoms with Crippen molar-refractivity contribution >= 4 is 34.6 Å². The monoisotopic (exact) mass is 335 g/mol. The molecule has 23 heavy (non-hydrogen) atoms. The number of carboxylic acid groups (broad SMARTS) is 1. The van der Waals surface area contributed by atoms with Crippen LogP contribution in [0.1, 0.15) is 24.2 Å². The summed E-state index contributed by atoms with van der Waals surface area (Å²) in [4.78, 5) is 27.6. The van der Waals surface area contributed by atoms with Gasteiger partial charge >= 0.3 is 11.9 Å². The van der Waals surface area contributed by atoms with Crippen molar-refractivity contribution in [1.29, 1.82) is 0 Å². The number of carboxylic acids is 1. The predicted octanol–water partition coefficient (Wildman–Crippen LogP) is 2.99. The molecule has 0 atom stereocenters. The molecule has 0 saturated carbocycles. The smallest absolute Gasteiger partial charge is 0.342 e. The number of fused-ring (bicyclic) bond motifs is 1. The van der Waals surface area contributed by atoms with Crippen molar-refractivity contribution in [1.82, 2.24) is 4.98 Å². The molecule has 1 N–H and O–H groups in total. The van der Waals surface area contributed by atoms with E-state index >= 15 is 0 Å². The number of carbonyl (C=O) groups is 2. The Morgan fingerprint density at radius 1 is 1.30 bits per heavy atom. The highest BCUT2D eigenvalue weighted by Crippen LogP contribution is 2.35. The van der Waals surface area contributed by atoms with E-state index in [4.69, 9.17) is 9.47 Å². The zero-order chi connectivity index (χ0) is 17.0. The third-order valence-electron chi connectivity index (χ3n) is 2.92. The summed E-state index contributed by atoms with van der Waals surface area (Å²) in [6.45, 7) is 3.51. The minimum Gasteiger partial charge on any atom is -0.495 e. The van der Waals surface area contributed by atoms with E-state index in [1.165, 1.54) is 7.11 Å². The van der Waals surface area contributed by atoms with E-state index in [1.54, 1.807) is 38.1 Å². The Morgan fingerprint density at radius 2 is 2.00 bits per heavy atom. The summed E-state index contributed by atoms with van der Waals surface area (Å²) in [6, 6.07) is 7.09. The van der Waals surface area contributed by atoms with Crippen molar-refractivity contribution in [3.8, 4) is 5.75 Å². The van der Waals surface area contributed by atoms with Gasteiger partial charge in [-0.3, -0.25) is 4.79 Å². The first-order valence-electron chi connectivity index (χ1n) is 6.96. The van der Waals surface area contributed by atoms with E-state index in [9.17, 15) is 14.7 Å². The molecule has 0 radical (unpaired) electrons. The van der Waals surface area contributed by atoms with Crippen LogP contribution in [0.5, 0.6) is 5.75 Å². The van der Waals surface area contributed by atoms with Crippen LogP contribution in [0.15, 0.2) is 29.3 Å². The molecule has 0 aliphatic rings. The van der Waals surface area contributed by atoms with Gasteiger partial charge in [-0.15, -0.1) is 0 Å². The normalized spacial score (nSPS) is 10.8. The van der Waals surface area contributed by atoms with Crippen LogP contribution in [0.2, 0.25) is 0 Å². The molecule has 0 amide bonds. The quantitative estimate of drug-likeness (QED) is 0.641. The Morgan fingerprint density at radius 3 is 2.61 bits per heavy atom. The Kier molecular flexibility index (Phi) is 5.44. The van der Waals surface area contributed by atoms with Crippen LogP contribution >= 0.6 is 11.8 Å². The first-order valence-corrected chi connectivity index (χ1v) is 7.95. The van der Waals surface area contributed by atoms with Crippen LogP contribution in [0.4, 0.5) is 0 Å². The SMILES string of the molecule is COc1c(C(=O)O)c(SCC(=O)OC(C)C)nc2ccccc12. The summed E-state index contributed by atoms with van der Waals surface area (Å²) in [7, 11) is 1.41. The molecule has 0 bridgehead atoms. The average molecular weight is 335 g/mol. The van der Waals surface area contributed by atoms with Gasteiger partial charge in [-0.05, 0) is 26.0 Å². The fourth-order valence-corrected chi connectivity index (χ4v) is 2.90. The van der Waals surface area contributed by atoms with Crippen molar-refractivity contribution in [2.24, 2.45) is 0 Å². The molecule has 6 nitrogen and oxygen atoms in total. The molecule has 2 rings (SSSR count). The molecule has 0 unspecified atom stereocenters. The predicted molar refractivity (Wildman–Crippen MR) is 87.2 cm³/mol. The number of rotatable bonds is 6. The van der Waals surface area contributed by atoms with Crippen LogP contribution in [-0.2, 0) is 9.53 Å². The first kappa shape index (κ1) is 17.1. The number of carbonyl (C=O) groups excluding carboxylic acids is 1. The van der Waals surface area contributed by atoms with Crippen LogP contribution in [0, 0.1) is 0 Å². The molecule has 1 aromatic carbocycles. The Bertz CT molecular complexity index is 745. The number of pyridine rings is 1. The van der Waals surface area contributed by atoms with E-state index < -0.39 is 11.9 Å². The molecule has 0 spiro atoms. The second-order valence-electron chi connectivity index (χ2n) is 4.97. The van der Waals surface area contributed by atoms with Gasteiger partial charge in [0, 0.05) is 5.39 Å². The van der Waals surface area contributed by atoms with Crippen molar-refractivity contribution in [2.45, 2.75) is 25.0 Å². The molecule has 0 saturated heterocycles. The van der Waals surface area contributed by atoms with E-state index in [0.717, 1.165) is 11.8 Å². The molecule has 1 aromatic heterocycles. The lowest BCUT2D eigenvalue weighted by molar-refractivity contribution is -0.144. The second-order valence-corrected chi connectivity index (χ2v) is 5.94. The van der Waals surface area contributed by atoms with Crippen LogP contribution < -0.4 is 4.74 Å². The highest BCUT2D eigenvalue weighted by Gasteiger charge is 2.22. The highest BCUT2D eigenvalue weighted by molar-refractivity contribution is 8.00. The van der Waals surface area contributed by atoms with E-state index in [2.05, 4.69) is 4.98 Å². The van der Waals surface area contributed by atoms with Gasteiger partial charge in [0.25, 0.3) is 0 Å². The van der Waals surface area contributed by atoms with Crippen LogP contribution in [0.3, 0.4) is 0 Å². The third-order valence-corrected chi connectivity index (χ3v) is 3.87. The summed E-state index contributed by atoms with van der Waals surface area (Å²) >= 11 is 1.02. The maximum absolute atomic E-state index is 11.7. The molecular formula is C16H17NO5S. The minimum atomic E-state index is -1.15. The lowest BCUT2D eigenvalue weighted by Crippen LogP contribution is -2.14. The Labute approximate surface area is 137 Å². The number of esters is 1. The molecule has 0 aliphatic heterocycles. The fourth-order valence-electron chi connectivity index (χ4n) is 2.09. The zero-order valence-corrected chi connectivity index (χ0v) is 13.8. The molecular weight excluding hydrogens is 318 g/mol. The molecule has 0 aliphatic carbocycles.